The van der Waals surface area contributed by atoms with E-state index in [1.807, 2.05) is 0 Å². The minimum Gasteiger partial charge on any atom is -0.352 e. The number of benzene rings is 1. The number of nitrogens with two attached hydrogens (primary N) is 1. The van der Waals surface area contributed by atoms with Crippen molar-refractivity contribution in [1.29, 1.82) is 0 Å². The summed E-state index contributed by atoms with van der Waals surface area (Å²) in [5, 5.41) is 2.46. The molecule has 1 aromatic carbocycles. The first-order valence-electron chi connectivity index (χ1n) is 3.91. The maximum Gasteiger partial charge on any atom is 0.312 e. The summed E-state index contributed by atoms with van der Waals surface area (Å²) < 4.78 is 12.7. The smallest absolute Gasteiger partial charge is 0.312 e. The second-order valence-electron chi connectivity index (χ2n) is 2.79. The van der Waals surface area contributed by atoms with Crippen LogP contribution < -0.4 is 11.1 Å². The van der Waals surface area contributed by atoms with E-state index in [0.717, 1.165) is 0 Å². The Bertz CT molecular complexity index is 314. The molecule has 1 aromatic rings. The Labute approximate surface area is 75.7 Å². The zero-order valence-electron chi connectivity index (χ0n) is 7.25. The Morgan fingerprint density at radius 2 is 2.31 bits per heavy atom. The summed E-state index contributed by atoms with van der Waals surface area (Å²) >= 11 is 0. The topological polar surface area (TPSA) is 55.1 Å². The predicted molar refractivity (Wildman–Crippen MR) is 47.5 cm³/mol. The summed E-state index contributed by atoms with van der Waals surface area (Å²) in [6.07, 6.45) is 0. The predicted octanol–water partition coefficient (Wildman–Crippen LogP) is 1.56. The number of hydrogen-bond donors (Lipinski definition) is 2. The Morgan fingerprint density at radius 3 is 2.85 bits per heavy atom. The molecule has 1 atom stereocenters. The van der Waals surface area contributed by atoms with Crippen LogP contribution in [0.2, 0.25) is 0 Å². The van der Waals surface area contributed by atoms with Crippen molar-refractivity contribution in [3.8, 4) is 0 Å². The van der Waals surface area contributed by atoms with Crippen molar-refractivity contribution in [3.05, 3.63) is 35.6 Å². The number of amides is 2. The van der Waals surface area contributed by atoms with Crippen LogP contribution in [0, 0.1) is 5.82 Å². The monoisotopic (exact) mass is 182 g/mol. The molecule has 0 aromatic heterocycles. The second-order valence-corrected chi connectivity index (χ2v) is 2.79. The Balaban J connectivity index is 2.76. The molecule has 0 unspecified atom stereocenters. The molecule has 3 N–H and O–H groups in total. The Morgan fingerprint density at radius 1 is 1.62 bits per heavy atom. The Kier molecular flexibility index (Phi) is 2.84. The van der Waals surface area contributed by atoms with Gasteiger partial charge in [-0.15, -0.1) is 0 Å². The van der Waals surface area contributed by atoms with Gasteiger partial charge in [-0.05, 0) is 24.6 Å². The van der Waals surface area contributed by atoms with Crippen LogP contribution in [-0.4, -0.2) is 6.03 Å². The molecule has 0 aliphatic heterocycles. The van der Waals surface area contributed by atoms with Crippen molar-refractivity contribution >= 4 is 6.03 Å². The minimum atomic E-state index is -0.614. The average molecular weight is 182 g/mol. The van der Waals surface area contributed by atoms with Gasteiger partial charge in [0.15, 0.2) is 0 Å². The highest BCUT2D eigenvalue weighted by Crippen LogP contribution is 2.12. The number of rotatable bonds is 2. The average Bonchev–Trinajstić information content (AvgIpc) is 2.03. The molecule has 0 saturated carbocycles. The molecule has 0 saturated heterocycles. The molecule has 0 spiro atoms. The summed E-state index contributed by atoms with van der Waals surface area (Å²) in [4.78, 5) is 10.5. The molecule has 70 valence electrons. The molecule has 1 rings (SSSR count). The van der Waals surface area contributed by atoms with Crippen LogP contribution in [0.3, 0.4) is 0 Å². The van der Waals surface area contributed by atoms with Crippen LogP contribution in [0.25, 0.3) is 0 Å². The molecule has 13 heavy (non-hydrogen) atoms. The van der Waals surface area contributed by atoms with E-state index in [-0.39, 0.29) is 11.9 Å². The number of urea groups is 1. The summed E-state index contributed by atoms with van der Waals surface area (Å²) in [5.41, 5.74) is 5.62. The van der Waals surface area contributed by atoms with Gasteiger partial charge in [-0.2, -0.15) is 0 Å². The van der Waals surface area contributed by atoms with Crippen molar-refractivity contribution in [3.63, 3.8) is 0 Å². The van der Waals surface area contributed by atoms with Crippen LogP contribution in [0.1, 0.15) is 18.5 Å². The summed E-state index contributed by atoms with van der Waals surface area (Å²) in [6, 6.07) is 5.14. The van der Waals surface area contributed by atoms with Crippen molar-refractivity contribution in [1.82, 2.24) is 5.32 Å². The number of nitrogens with one attached hydrogen (secondary N) is 1. The molecule has 0 fully saturated rings. The molecule has 0 aliphatic rings. The van der Waals surface area contributed by atoms with Crippen molar-refractivity contribution < 1.29 is 9.18 Å². The van der Waals surface area contributed by atoms with Gasteiger partial charge >= 0.3 is 6.03 Å². The van der Waals surface area contributed by atoms with Crippen LogP contribution in [0.5, 0.6) is 0 Å². The van der Waals surface area contributed by atoms with Gasteiger partial charge in [0, 0.05) is 0 Å². The van der Waals surface area contributed by atoms with Crippen LogP contribution in [-0.2, 0) is 0 Å². The molecule has 0 aliphatic carbocycles. The quantitative estimate of drug-likeness (QED) is 0.716. The molecular formula is C9H11FN2O. The maximum atomic E-state index is 12.7. The van der Waals surface area contributed by atoms with Gasteiger partial charge in [-0.1, -0.05) is 12.1 Å². The van der Waals surface area contributed by atoms with E-state index < -0.39 is 6.03 Å². The zero-order valence-corrected chi connectivity index (χ0v) is 7.25. The van der Waals surface area contributed by atoms with E-state index in [4.69, 9.17) is 5.73 Å². The molecule has 0 heterocycles. The fraction of sp³-hybridized carbons (Fsp3) is 0.222. The first kappa shape index (κ1) is 9.51. The molecule has 2 amide bonds. The standard InChI is InChI=1S/C9H11FN2O/c1-6(12-9(11)13)7-3-2-4-8(10)5-7/h2-6H,1H3,(H3,11,12,13)/t6-/m0/s1. The summed E-state index contributed by atoms with van der Waals surface area (Å²) in [5.74, 6) is -0.323. The summed E-state index contributed by atoms with van der Waals surface area (Å²) in [7, 11) is 0. The zero-order chi connectivity index (χ0) is 9.84. The van der Waals surface area contributed by atoms with Gasteiger partial charge in [0.2, 0.25) is 0 Å². The van der Waals surface area contributed by atoms with Crippen molar-refractivity contribution in [2.75, 3.05) is 0 Å². The number of halogens is 1. The SMILES string of the molecule is C[C@H](NC(N)=O)c1cccc(F)c1. The molecule has 4 heteroatoms. The van der Waals surface area contributed by atoms with Crippen LogP contribution in [0.4, 0.5) is 9.18 Å². The molecular weight excluding hydrogens is 171 g/mol. The van der Waals surface area contributed by atoms with E-state index in [1.54, 1.807) is 19.1 Å². The lowest BCUT2D eigenvalue weighted by molar-refractivity contribution is 0.246. The molecule has 0 bridgehead atoms. The van der Waals surface area contributed by atoms with Gasteiger partial charge in [0.05, 0.1) is 6.04 Å². The van der Waals surface area contributed by atoms with E-state index in [1.165, 1.54) is 12.1 Å². The highest BCUT2D eigenvalue weighted by atomic mass is 19.1. The van der Waals surface area contributed by atoms with Gasteiger partial charge in [0.25, 0.3) is 0 Å². The first-order chi connectivity index (χ1) is 6.09. The van der Waals surface area contributed by atoms with E-state index in [0.29, 0.717) is 5.56 Å². The lowest BCUT2D eigenvalue weighted by Gasteiger charge is -2.11. The van der Waals surface area contributed by atoms with E-state index >= 15 is 0 Å². The lowest BCUT2D eigenvalue weighted by atomic mass is 10.1. The lowest BCUT2D eigenvalue weighted by Crippen LogP contribution is -2.31. The number of carbonyl (C=O) groups is 1. The molecule has 0 radical (unpaired) electrons. The minimum absolute atomic E-state index is 0.270. The van der Waals surface area contributed by atoms with Crippen LogP contribution >= 0.6 is 0 Å². The largest absolute Gasteiger partial charge is 0.352 e. The number of carbonyl (C=O) groups excluding carboxylic acids is 1. The molecule has 3 nitrogen and oxygen atoms in total. The third-order valence-electron chi connectivity index (χ3n) is 1.71. The fourth-order valence-corrected chi connectivity index (χ4v) is 1.07. The van der Waals surface area contributed by atoms with Gasteiger partial charge in [0.1, 0.15) is 5.82 Å². The van der Waals surface area contributed by atoms with Crippen molar-refractivity contribution in [2.45, 2.75) is 13.0 Å². The summed E-state index contributed by atoms with van der Waals surface area (Å²) in [6.45, 7) is 1.74. The fourth-order valence-electron chi connectivity index (χ4n) is 1.07. The van der Waals surface area contributed by atoms with Gasteiger partial charge in [-0.25, -0.2) is 9.18 Å². The van der Waals surface area contributed by atoms with Crippen molar-refractivity contribution in [2.24, 2.45) is 5.73 Å². The second kappa shape index (κ2) is 3.89. The highest BCUT2D eigenvalue weighted by molar-refractivity contribution is 5.72. The van der Waals surface area contributed by atoms with E-state index in [9.17, 15) is 9.18 Å². The number of primary amides is 1. The number of hydrogen-bond acceptors (Lipinski definition) is 1. The van der Waals surface area contributed by atoms with Gasteiger partial charge < -0.3 is 11.1 Å². The maximum absolute atomic E-state index is 12.7. The normalized spacial score (nSPS) is 12.2. The van der Waals surface area contributed by atoms with E-state index in [2.05, 4.69) is 5.32 Å². The van der Waals surface area contributed by atoms with Crippen LogP contribution in [0.15, 0.2) is 24.3 Å². The third-order valence-corrected chi connectivity index (χ3v) is 1.71. The highest BCUT2D eigenvalue weighted by Gasteiger charge is 2.06. The third kappa shape index (κ3) is 2.74. The Hall–Kier alpha value is -1.58. The first-order valence-corrected chi connectivity index (χ1v) is 3.91. The van der Waals surface area contributed by atoms with Gasteiger partial charge in [-0.3, -0.25) is 0 Å².